The quantitative estimate of drug-likeness (QED) is 0.585. The molecule has 6 heteroatoms. The van der Waals surface area contributed by atoms with Crippen LogP contribution in [0.25, 0.3) is 16.6 Å². The van der Waals surface area contributed by atoms with Crippen LogP contribution in [0.15, 0.2) is 47.3 Å². The smallest absolute Gasteiger partial charge is 0.289 e. The van der Waals surface area contributed by atoms with E-state index < -0.39 is 17.4 Å². The molecule has 19 heavy (non-hydrogen) atoms. The van der Waals surface area contributed by atoms with Gasteiger partial charge in [0.05, 0.1) is 5.52 Å². The monoisotopic (exact) mass is 264 g/mol. The minimum atomic E-state index is -4.62. The number of benzene rings is 1. The molecule has 0 aliphatic carbocycles. The average Bonchev–Trinajstić information content (AvgIpc) is 2.36. The molecule has 0 N–H and O–H groups in total. The van der Waals surface area contributed by atoms with Gasteiger partial charge in [0.25, 0.3) is 5.56 Å². The lowest BCUT2D eigenvalue weighted by molar-refractivity contribution is -0.141. The van der Waals surface area contributed by atoms with E-state index in [9.17, 15) is 18.0 Å². The zero-order valence-electron chi connectivity index (χ0n) is 9.48. The molecule has 0 atom stereocenters. The van der Waals surface area contributed by atoms with Crippen LogP contribution >= 0.6 is 0 Å². The van der Waals surface area contributed by atoms with E-state index in [4.69, 9.17) is 0 Å². The Morgan fingerprint density at radius 3 is 2.53 bits per heavy atom. The summed E-state index contributed by atoms with van der Waals surface area (Å²) in [6.45, 7) is 0. The van der Waals surface area contributed by atoms with E-state index in [1.165, 1.54) is 6.07 Å². The molecule has 0 radical (unpaired) electrons. The molecule has 0 saturated heterocycles. The van der Waals surface area contributed by atoms with Gasteiger partial charge in [-0.25, -0.2) is 0 Å². The van der Waals surface area contributed by atoms with Gasteiger partial charge in [0.2, 0.25) is 0 Å². The normalized spacial score (nSPS) is 12.2. The maximum atomic E-state index is 13.0. The summed E-state index contributed by atoms with van der Waals surface area (Å²) in [5.74, 6) is 0. The van der Waals surface area contributed by atoms with E-state index in [1.54, 1.807) is 30.3 Å². The molecule has 3 rings (SSSR count). The number of alkyl halides is 3. The fraction of sp³-hybridized carbons (Fsp3) is 0.0769. The summed E-state index contributed by atoms with van der Waals surface area (Å²) >= 11 is 0. The molecule has 3 aromatic rings. The highest BCUT2D eigenvalue weighted by atomic mass is 19.4. The van der Waals surface area contributed by atoms with Crippen molar-refractivity contribution in [3.8, 4) is 0 Å². The first-order valence-corrected chi connectivity index (χ1v) is 5.45. The Labute approximate surface area is 104 Å². The first-order chi connectivity index (χ1) is 8.97. The number of nitrogens with zero attached hydrogens (tertiary/aromatic N) is 2. The lowest BCUT2D eigenvalue weighted by atomic mass is 10.2. The molecule has 0 saturated carbocycles. The molecule has 1 aromatic carbocycles. The van der Waals surface area contributed by atoms with Crippen LogP contribution in [-0.4, -0.2) is 9.38 Å². The highest BCUT2D eigenvalue weighted by molar-refractivity contribution is 5.82. The standard InChI is InChI=1S/C13H7F3N2O/c14-13(15,16)10-7-12(19)17-11-6-5-8-3-1-2-4-9(8)18(10)11/h1-7H. The van der Waals surface area contributed by atoms with Crippen LogP contribution in [-0.2, 0) is 6.18 Å². The van der Waals surface area contributed by atoms with Gasteiger partial charge in [0, 0.05) is 6.07 Å². The lowest BCUT2D eigenvalue weighted by Crippen LogP contribution is -2.19. The van der Waals surface area contributed by atoms with Crippen LogP contribution in [0.5, 0.6) is 0 Å². The molecule has 0 bridgehead atoms. The molecule has 2 heterocycles. The Kier molecular flexibility index (Phi) is 2.35. The first kappa shape index (κ1) is 11.7. The van der Waals surface area contributed by atoms with Crippen LogP contribution in [0.4, 0.5) is 13.2 Å². The van der Waals surface area contributed by atoms with E-state index in [-0.39, 0.29) is 5.65 Å². The molecule has 0 aliphatic rings. The number of pyridine rings is 1. The van der Waals surface area contributed by atoms with Gasteiger partial charge in [-0.2, -0.15) is 18.2 Å². The third kappa shape index (κ3) is 1.85. The predicted molar refractivity (Wildman–Crippen MR) is 64.0 cm³/mol. The zero-order chi connectivity index (χ0) is 13.6. The number of hydrogen-bond donors (Lipinski definition) is 0. The second-order valence-electron chi connectivity index (χ2n) is 4.06. The van der Waals surface area contributed by atoms with Gasteiger partial charge in [0.1, 0.15) is 11.3 Å². The molecule has 0 unspecified atom stereocenters. The Bertz CT molecular complexity index is 837. The van der Waals surface area contributed by atoms with Gasteiger partial charge in [-0.15, -0.1) is 0 Å². The van der Waals surface area contributed by atoms with Crippen molar-refractivity contribution < 1.29 is 13.2 Å². The Morgan fingerprint density at radius 1 is 1.05 bits per heavy atom. The summed E-state index contributed by atoms with van der Waals surface area (Å²) < 4.78 is 40.1. The van der Waals surface area contributed by atoms with Gasteiger partial charge in [-0.3, -0.25) is 9.20 Å². The van der Waals surface area contributed by atoms with Crippen molar-refractivity contribution in [2.45, 2.75) is 6.18 Å². The van der Waals surface area contributed by atoms with Crippen LogP contribution < -0.4 is 5.56 Å². The van der Waals surface area contributed by atoms with Gasteiger partial charge in [0.15, 0.2) is 0 Å². The topological polar surface area (TPSA) is 34.4 Å². The zero-order valence-corrected chi connectivity index (χ0v) is 9.48. The van der Waals surface area contributed by atoms with E-state index in [2.05, 4.69) is 4.98 Å². The van der Waals surface area contributed by atoms with E-state index >= 15 is 0 Å². The Hall–Kier alpha value is -2.37. The highest BCUT2D eigenvalue weighted by Crippen LogP contribution is 2.30. The van der Waals surface area contributed by atoms with E-state index in [0.717, 1.165) is 4.40 Å². The average molecular weight is 264 g/mol. The lowest BCUT2D eigenvalue weighted by Gasteiger charge is -2.13. The Balaban J connectivity index is 2.60. The number of para-hydroxylation sites is 1. The third-order valence-electron chi connectivity index (χ3n) is 2.83. The second kappa shape index (κ2) is 3.81. The molecule has 96 valence electrons. The molecular formula is C13H7F3N2O. The van der Waals surface area contributed by atoms with E-state index in [1.807, 2.05) is 0 Å². The number of hydrogen-bond acceptors (Lipinski definition) is 2. The highest BCUT2D eigenvalue weighted by Gasteiger charge is 2.34. The van der Waals surface area contributed by atoms with Crippen LogP contribution in [0, 0.1) is 0 Å². The second-order valence-corrected chi connectivity index (χ2v) is 4.06. The van der Waals surface area contributed by atoms with Crippen molar-refractivity contribution in [3.05, 3.63) is 58.5 Å². The SMILES string of the molecule is O=c1cc(C(F)(F)F)n2c(ccc3ccccc32)n1. The van der Waals surface area contributed by atoms with Gasteiger partial charge >= 0.3 is 6.18 Å². The minimum absolute atomic E-state index is 0.0153. The summed E-state index contributed by atoms with van der Waals surface area (Å²) in [6.07, 6.45) is -4.62. The molecule has 0 fully saturated rings. The van der Waals surface area contributed by atoms with Crippen molar-refractivity contribution in [2.75, 3.05) is 0 Å². The van der Waals surface area contributed by atoms with Crippen LogP contribution in [0.2, 0.25) is 0 Å². The van der Waals surface area contributed by atoms with Crippen LogP contribution in [0.1, 0.15) is 5.69 Å². The van der Waals surface area contributed by atoms with Crippen molar-refractivity contribution >= 4 is 16.6 Å². The Morgan fingerprint density at radius 2 is 1.79 bits per heavy atom. The summed E-state index contributed by atoms with van der Waals surface area (Å²) in [4.78, 5) is 14.9. The molecule has 0 amide bonds. The number of halogens is 3. The molecule has 0 aliphatic heterocycles. The van der Waals surface area contributed by atoms with Gasteiger partial charge in [-0.05, 0) is 23.6 Å². The van der Waals surface area contributed by atoms with Crippen molar-refractivity contribution in [3.63, 3.8) is 0 Å². The summed E-state index contributed by atoms with van der Waals surface area (Å²) in [5, 5.41) is 0.644. The molecule has 3 nitrogen and oxygen atoms in total. The fourth-order valence-electron chi connectivity index (χ4n) is 2.07. The maximum Gasteiger partial charge on any atom is 0.432 e. The minimum Gasteiger partial charge on any atom is -0.289 e. The number of fused-ring (bicyclic) bond motifs is 3. The third-order valence-corrected chi connectivity index (χ3v) is 2.83. The number of aromatic nitrogens is 2. The van der Waals surface area contributed by atoms with Gasteiger partial charge in [-0.1, -0.05) is 18.2 Å². The summed E-state index contributed by atoms with van der Waals surface area (Å²) in [5.41, 5.74) is -1.57. The first-order valence-electron chi connectivity index (χ1n) is 5.45. The van der Waals surface area contributed by atoms with Crippen molar-refractivity contribution in [1.29, 1.82) is 0 Å². The summed E-state index contributed by atoms with van der Waals surface area (Å²) in [6, 6.07) is 10.2. The predicted octanol–water partition coefficient (Wildman–Crippen LogP) is 2.87. The summed E-state index contributed by atoms with van der Waals surface area (Å²) in [7, 11) is 0. The molecule has 2 aromatic heterocycles. The van der Waals surface area contributed by atoms with Crippen LogP contribution in [0.3, 0.4) is 0 Å². The molecule has 0 spiro atoms. The van der Waals surface area contributed by atoms with E-state index in [0.29, 0.717) is 17.0 Å². The van der Waals surface area contributed by atoms with Crippen molar-refractivity contribution in [1.82, 2.24) is 9.38 Å². The van der Waals surface area contributed by atoms with Gasteiger partial charge < -0.3 is 0 Å². The number of rotatable bonds is 0. The largest absolute Gasteiger partial charge is 0.432 e. The maximum absolute atomic E-state index is 13.0. The fourth-order valence-corrected chi connectivity index (χ4v) is 2.07. The van der Waals surface area contributed by atoms with Crippen molar-refractivity contribution in [2.24, 2.45) is 0 Å². The molecular weight excluding hydrogens is 257 g/mol.